The van der Waals surface area contributed by atoms with E-state index in [0.29, 0.717) is 6.01 Å². The van der Waals surface area contributed by atoms with Crippen molar-refractivity contribution in [3.8, 4) is 16.6 Å². The molecular formula is C23H28N6O2S. The zero-order valence-electron chi connectivity index (χ0n) is 18.1. The lowest BCUT2D eigenvalue weighted by Crippen LogP contribution is -2.29. The average Bonchev–Trinajstić information content (AvgIpc) is 3.31. The lowest BCUT2D eigenvalue weighted by Gasteiger charge is -2.26. The third-order valence-electron chi connectivity index (χ3n) is 5.75. The SMILES string of the molecule is c1cc(-c2cnc(Nc3ccc(CN4CCCCC4)cn3)s2)nc(OC2CCOCC2)n1. The fourth-order valence-electron chi connectivity index (χ4n) is 4.01. The quantitative estimate of drug-likeness (QED) is 0.568. The van der Waals surface area contributed by atoms with Gasteiger partial charge in [0.25, 0.3) is 0 Å². The van der Waals surface area contributed by atoms with Gasteiger partial charge in [-0.15, -0.1) is 0 Å². The van der Waals surface area contributed by atoms with Crippen LogP contribution in [0.5, 0.6) is 6.01 Å². The summed E-state index contributed by atoms with van der Waals surface area (Å²) in [5.41, 5.74) is 2.05. The van der Waals surface area contributed by atoms with E-state index in [9.17, 15) is 0 Å². The van der Waals surface area contributed by atoms with Crippen LogP contribution in [0.1, 0.15) is 37.7 Å². The van der Waals surface area contributed by atoms with Crippen LogP contribution in [0.15, 0.2) is 36.8 Å². The van der Waals surface area contributed by atoms with Gasteiger partial charge in [-0.2, -0.15) is 4.98 Å². The van der Waals surface area contributed by atoms with Crippen LogP contribution in [0.25, 0.3) is 10.6 Å². The molecule has 0 amide bonds. The Hall–Kier alpha value is -2.62. The zero-order chi connectivity index (χ0) is 21.6. The van der Waals surface area contributed by atoms with E-state index in [1.165, 1.54) is 49.3 Å². The molecule has 0 atom stereocenters. The van der Waals surface area contributed by atoms with Crippen LogP contribution in [0.3, 0.4) is 0 Å². The molecule has 168 valence electrons. The van der Waals surface area contributed by atoms with Crippen molar-refractivity contribution in [1.29, 1.82) is 0 Å². The molecule has 0 radical (unpaired) electrons. The molecule has 2 aliphatic heterocycles. The highest BCUT2D eigenvalue weighted by atomic mass is 32.1. The normalized spacial score (nSPS) is 17.9. The van der Waals surface area contributed by atoms with Gasteiger partial charge in [0.2, 0.25) is 0 Å². The van der Waals surface area contributed by atoms with E-state index >= 15 is 0 Å². The first kappa shape index (κ1) is 21.2. The summed E-state index contributed by atoms with van der Waals surface area (Å²) in [7, 11) is 0. The van der Waals surface area contributed by atoms with Crippen LogP contribution < -0.4 is 10.1 Å². The van der Waals surface area contributed by atoms with Crippen molar-refractivity contribution in [2.24, 2.45) is 0 Å². The minimum absolute atomic E-state index is 0.113. The van der Waals surface area contributed by atoms with E-state index in [1.807, 2.05) is 24.5 Å². The van der Waals surface area contributed by atoms with E-state index in [-0.39, 0.29) is 6.10 Å². The molecule has 0 aromatic carbocycles. The number of thiazole rings is 1. The third-order valence-corrected chi connectivity index (χ3v) is 6.68. The van der Waals surface area contributed by atoms with Crippen molar-refractivity contribution in [2.45, 2.75) is 44.8 Å². The number of pyridine rings is 1. The Morgan fingerprint density at radius 3 is 2.72 bits per heavy atom. The minimum Gasteiger partial charge on any atom is -0.460 e. The van der Waals surface area contributed by atoms with Gasteiger partial charge in [0, 0.05) is 38.0 Å². The molecule has 32 heavy (non-hydrogen) atoms. The summed E-state index contributed by atoms with van der Waals surface area (Å²) in [4.78, 5) is 21.4. The van der Waals surface area contributed by atoms with Gasteiger partial charge in [-0.3, -0.25) is 4.90 Å². The van der Waals surface area contributed by atoms with Gasteiger partial charge in [0.05, 0.1) is 23.8 Å². The van der Waals surface area contributed by atoms with E-state index in [1.54, 1.807) is 6.20 Å². The molecule has 9 heteroatoms. The van der Waals surface area contributed by atoms with E-state index < -0.39 is 0 Å². The number of hydrogen-bond donors (Lipinski definition) is 1. The Bertz CT molecular complexity index is 1000. The Balaban J connectivity index is 1.20. The first-order valence-corrected chi connectivity index (χ1v) is 12.1. The van der Waals surface area contributed by atoms with Gasteiger partial charge in [-0.25, -0.2) is 15.0 Å². The molecule has 0 unspecified atom stereocenters. The summed E-state index contributed by atoms with van der Waals surface area (Å²) in [6, 6.07) is 6.44. The van der Waals surface area contributed by atoms with E-state index in [2.05, 4.69) is 36.2 Å². The highest BCUT2D eigenvalue weighted by molar-refractivity contribution is 7.18. The van der Waals surface area contributed by atoms with Crippen molar-refractivity contribution in [2.75, 3.05) is 31.6 Å². The Morgan fingerprint density at radius 1 is 1.03 bits per heavy atom. The van der Waals surface area contributed by atoms with Crippen molar-refractivity contribution in [1.82, 2.24) is 24.8 Å². The maximum Gasteiger partial charge on any atom is 0.317 e. The molecule has 5 rings (SSSR count). The molecule has 2 saturated heterocycles. The molecule has 2 aliphatic rings. The fraction of sp³-hybridized carbons (Fsp3) is 0.478. The smallest absolute Gasteiger partial charge is 0.317 e. The number of anilines is 2. The number of ether oxygens (including phenoxy) is 2. The van der Waals surface area contributed by atoms with Gasteiger partial charge in [0.1, 0.15) is 11.9 Å². The molecule has 5 heterocycles. The maximum atomic E-state index is 5.94. The van der Waals surface area contributed by atoms with E-state index in [0.717, 1.165) is 54.1 Å². The van der Waals surface area contributed by atoms with Crippen LogP contribution in [-0.4, -0.2) is 57.2 Å². The predicted octanol–water partition coefficient (Wildman–Crippen LogP) is 4.28. The highest BCUT2D eigenvalue weighted by Crippen LogP contribution is 2.30. The Labute approximate surface area is 192 Å². The molecule has 3 aromatic heterocycles. The number of hydrogen-bond acceptors (Lipinski definition) is 9. The molecule has 3 aromatic rings. The number of nitrogens with zero attached hydrogens (tertiary/aromatic N) is 5. The Kier molecular flexibility index (Phi) is 6.86. The number of likely N-dealkylation sites (tertiary alicyclic amines) is 1. The van der Waals surface area contributed by atoms with Crippen LogP contribution >= 0.6 is 11.3 Å². The summed E-state index contributed by atoms with van der Waals surface area (Å²) >= 11 is 1.53. The van der Waals surface area contributed by atoms with Crippen LogP contribution in [0.2, 0.25) is 0 Å². The number of aromatic nitrogens is 4. The topological polar surface area (TPSA) is 85.3 Å². The standard InChI is InChI=1S/C23H28N6O2S/c1-2-10-29(11-3-1)16-17-4-5-21(25-14-17)28-23-26-15-20(32-23)19-6-9-24-22(27-19)31-18-7-12-30-13-8-18/h4-6,9,14-15,18H,1-3,7-8,10-13,16H2,(H,25,26,28). The molecule has 0 saturated carbocycles. The molecule has 8 nitrogen and oxygen atoms in total. The van der Waals surface area contributed by atoms with Crippen LogP contribution in [0, 0.1) is 0 Å². The lowest BCUT2D eigenvalue weighted by atomic mass is 10.1. The van der Waals surface area contributed by atoms with E-state index in [4.69, 9.17) is 9.47 Å². The summed E-state index contributed by atoms with van der Waals surface area (Å²) in [5.74, 6) is 0.791. The van der Waals surface area contributed by atoms with Gasteiger partial charge >= 0.3 is 6.01 Å². The maximum absolute atomic E-state index is 5.94. The molecule has 0 aliphatic carbocycles. The minimum atomic E-state index is 0.113. The Morgan fingerprint density at radius 2 is 1.91 bits per heavy atom. The third kappa shape index (κ3) is 5.59. The van der Waals surface area contributed by atoms with Crippen molar-refractivity contribution in [3.63, 3.8) is 0 Å². The molecular weight excluding hydrogens is 424 g/mol. The second-order valence-electron chi connectivity index (χ2n) is 8.20. The van der Waals surface area contributed by atoms with Gasteiger partial charge in [-0.05, 0) is 43.6 Å². The average molecular weight is 453 g/mol. The summed E-state index contributed by atoms with van der Waals surface area (Å²) < 4.78 is 11.3. The largest absolute Gasteiger partial charge is 0.460 e. The number of nitrogens with one attached hydrogen (secondary N) is 1. The number of rotatable bonds is 7. The van der Waals surface area contributed by atoms with Crippen molar-refractivity contribution in [3.05, 3.63) is 42.4 Å². The lowest BCUT2D eigenvalue weighted by molar-refractivity contribution is 0.0217. The molecule has 0 bridgehead atoms. The monoisotopic (exact) mass is 452 g/mol. The first-order valence-electron chi connectivity index (χ1n) is 11.3. The molecule has 1 N–H and O–H groups in total. The predicted molar refractivity (Wildman–Crippen MR) is 124 cm³/mol. The zero-order valence-corrected chi connectivity index (χ0v) is 18.9. The van der Waals surface area contributed by atoms with Crippen LogP contribution in [0.4, 0.5) is 10.9 Å². The van der Waals surface area contributed by atoms with Gasteiger partial charge < -0.3 is 14.8 Å². The van der Waals surface area contributed by atoms with Crippen molar-refractivity contribution >= 4 is 22.3 Å². The second-order valence-corrected chi connectivity index (χ2v) is 9.23. The highest BCUT2D eigenvalue weighted by Gasteiger charge is 2.17. The second kappa shape index (κ2) is 10.3. The van der Waals surface area contributed by atoms with Crippen molar-refractivity contribution < 1.29 is 9.47 Å². The van der Waals surface area contributed by atoms with Crippen LogP contribution in [-0.2, 0) is 11.3 Å². The summed E-state index contributed by atoms with van der Waals surface area (Å²) in [6.45, 7) is 4.79. The summed E-state index contributed by atoms with van der Waals surface area (Å²) in [6.07, 6.45) is 11.3. The summed E-state index contributed by atoms with van der Waals surface area (Å²) in [5, 5.41) is 4.08. The first-order chi connectivity index (χ1) is 15.8. The van der Waals surface area contributed by atoms with Gasteiger partial charge in [0.15, 0.2) is 5.13 Å². The fourth-order valence-corrected chi connectivity index (χ4v) is 4.80. The van der Waals surface area contributed by atoms with Gasteiger partial charge in [-0.1, -0.05) is 23.8 Å². The number of piperidine rings is 1. The molecule has 2 fully saturated rings. The molecule has 0 spiro atoms.